The van der Waals surface area contributed by atoms with Crippen LogP contribution in [0, 0.1) is 11.3 Å². The van der Waals surface area contributed by atoms with Crippen LogP contribution >= 0.6 is 11.3 Å². The molecule has 0 saturated carbocycles. The number of hydrogen-bond donors (Lipinski definition) is 0. The molecule has 0 aliphatic rings. The van der Waals surface area contributed by atoms with Gasteiger partial charge >= 0.3 is 0 Å². The highest BCUT2D eigenvalue weighted by Crippen LogP contribution is 2.24. The van der Waals surface area contributed by atoms with E-state index in [-0.39, 0.29) is 4.90 Å². The number of sulfone groups is 1. The summed E-state index contributed by atoms with van der Waals surface area (Å²) in [6, 6.07) is 8.42. The van der Waals surface area contributed by atoms with Crippen LogP contribution in [0.5, 0.6) is 0 Å². The minimum absolute atomic E-state index is 0.276. The van der Waals surface area contributed by atoms with Gasteiger partial charge in [-0.2, -0.15) is 5.26 Å². The third kappa shape index (κ3) is 2.52. The van der Waals surface area contributed by atoms with Crippen LogP contribution < -0.4 is 0 Å². The molecule has 2 rings (SSSR count). The Labute approximate surface area is 103 Å². The Morgan fingerprint density at radius 3 is 2.41 bits per heavy atom. The van der Waals surface area contributed by atoms with Crippen molar-refractivity contribution in [3.05, 3.63) is 35.3 Å². The van der Waals surface area contributed by atoms with Gasteiger partial charge in [-0.3, -0.25) is 0 Å². The van der Waals surface area contributed by atoms with Gasteiger partial charge < -0.3 is 0 Å². The number of rotatable bonds is 2. The zero-order valence-corrected chi connectivity index (χ0v) is 10.5. The lowest BCUT2D eigenvalue weighted by molar-refractivity contribution is 0.602. The summed E-state index contributed by atoms with van der Waals surface area (Å²) in [4.78, 5) is 4.38. The molecule has 17 heavy (non-hydrogen) atoms. The van der Waals surface area contributed by atoms with Gasteiger partial charge in [-0.15, -0.1) is 11.3 Å². The van der Waals surface area contributed by atoms with Gasteiger partial charge in [0.25, 0.3) is 0 Å². The van der Waals surface area contributed by atoms with E-state index in [0.29, 0.717) is 10.7 Å². The Bertz CT molecular complexity index is 679. The average Bonchev–Trinajstić information content (AvgIpc) is 2.76. The topological polar surface area (TPSA) is 70.8 Å². The summed E-state index contributed by atoms with van der Waals surface area (Å²) < 4.78 is 22.6. The van der Waals surface area contributed by atoms with Crippen molar-refractivity contribution in [2.24, 2.45) is 0 Å². The Balaban J connectivity index is 2.40. The van der Waals surface area contributed by atoms with E-state index in [0.717, 1.165) is 5.56 Å². The Morgan fingerprint density at radius 1 is 1.29 bits per heavy atom. The summed E-state index contributed by atoms with van der Waals surface area (Å²) in [7, 11) is -3.17. The third-order valence-electron chi connectivity index (χ3n) is 2.15. The number of nitrogens with zero attached hydrogens (tertiary/aromatic N) is 2. The zero-order valence-electron chi connectivity index (χ0n) is 8.91. The number of aromatic nitrogens is 1. The first-order valence-corrected chi connectivity index (χ1v) is 7.44. The first kappa shape index (κ1) is 11.8. The van der Waals surface area contributed by atoms with E-state index in [9.17, 15) is 8.42 Å². The van der Waals surface area contributed by atoms with E-state index in [1.807, 2.05) is 6.07 Å². The van der Waals surface area contributed by atoms with Gasteiger partial charge in [-0.05, 0) is 12.1 Å². The first-order valence-electron chi connectivity index (χ1n) is 4.67. The van der Waals surface area contributed by atoms with E-state index in [4.69, 9.17) is 5.26 Å². The Kier molecular flexibility index (Phi) is 2.96. The summed E-state index contributed by atoms with van der Waals surface area (Å²) >= 11 is 1.36. The highest BCUT2D eigenvalue weighted by Gasteiger charge is 2.08. The normalized spacial score (nSPS) is 11.1. The van der Waals surface area contributed by atoms with Gasteiger partial charge in [0.05, 0.1) is 4.90 Å². The van der Waals surface area contributed by atoms with E-state index in [1.165, 1.54) is 29.7 Å². The summed E-state index contributed by atoms with van der Waals surface area (Å²) in [6.07, 6.45) is 1.17. The molecule has 2 aromatic rings. The van der Waals surface area contributed by atoms with Crippen LogP contribution in [0.2, 0.25) is 0 Å². The highest BCUT2D eigenvalue weighted by molar-refractivity contribution is 7.90. The molecule has 0 bridgehead atoms. The minimum Gasteiger partial charge on any atom is -0.225 e. The van der Waals surface area contributed by atoms with Gasteiger partial charge in [0, 0.05) is 17.2 Å². The number of thiazole rings is 1. The standard InChI is InChI=1S/C11H8N2O2S2/c1-17(14,15)10-4-2-8(3-5-10)11-13-9(6-12)7-16-11/h2-5,7H,1H3. The van der Waals surface area contributed by atoms with Gasteiger partial charge in [-0.1, -0.05) is 12.1 Å². The van der Waals surface area contributed by atoms with Crippen molar-refractivity contribution in [3.8, 4) is 16.6 Å². The SMILES string of the molecule is CS(=O)(=O)c1ccc(-c2nc(C#N)cs2)cc1. The fourth-order valence-corrected chi connectivity index (χ4v) is 2.68. The molecule has 6 heteroatoms. The van der Waals surface area contributed by atoms with Crippen LogP contribution in [-0.4, -0.2) is 19.7 Å². The van der Waals surface area contributed by atoms with Gasteiger partial charge in [0.2, 0.25) is 0 Å². The molecular weight excluding hydrogens is 256 g/mol. The minimum atomic E-state index is -3.17. The average molecular weight is 264 g/mol. The second-order valence-electron chi connectivity index (χ2n) is 3.45. The van der Waals surface area contributed by atoms with E-state index in [1.54, 1.807) is 17.5 Å². The maximum absolute atomic E-state index is 11.3. The lowest BCUT2D eigenvalue weighted by Crippen LogP contribution is -1.96. The first-order chi connectivity index (χ1) is 8.00. The molecule has 0 unspecified atom stereocenters. The monoisotopic (exact) mass is 264 g/mol. The molecule has 0 atom stereocenters. The van der Waals surface area contributed by atoms with E-state index >= 15 is 0 Å². The second kappa shape index (κ2) is 4.28. The molecule has 4 nitrogen and oxygen atoms in total. The third-order valence-corrected chi connectivity index (χ3v) is 4.17. The lowest BCUT2D eigenvalue weighted by atomic mass is 10.2. The van der Waals surface area contributed by atoms with Crippen LogP contribution in [-0.2, 0) is 9.84 Å². The summed E-state index contributed by atoms with van der Waals surface area (Å²) in [6.45, 7) is 0. The molecule has 1 aromatic carbocycles. The molecule has 0 fully saturated rings. The second-order valence-corrected chi connectivity index (χ2v) is 6.32. The molecule has 0 aliphatic heterocycles. The van der Waals surface area contributed by atoms with Gasteiger partial charge in [-0.25, -0.2) is 13.4 Å². The molecule has 0 spiro atoms. The zero-order chi connectivity index (χ0) is 12.5. The van der Waals surface area contributed by atoms with Crippen molar-refractivity contribution in [3.63, 3.8) is 0 Å². The van der Waals surface area contributed by atoms with Crippen molar-refractivity contribution < 1.29 is 8.42 Å². The fraction of sp³-hybridized carbons (Fsp3) is 0.0909. The number of hydrogen-bond acceptors (Lipinski definition) is 5. The predicted octanol–water partition coefficient (Wildman–Crippen LogP) is 2.09. The largest absolute Gasteiger partial charge is 0.225 e. The lowest BCUT2D eigenvalue weighted by Gasteiger charge is -1.99. The van der Waals surface area contributed by atoms with Crippen LogP contribution in [0.3, 0.4) is 0 Å². The Morgan fingerprint density at radius 2 is 1.94 bits per heavy atom. The van der Waals surface area contributed by atoms with Crippen LogP contribution in [0.1, 0.15) is 5.69 Å². The number of nitriles is 1. The molecule has 0 radical (unpaired) electrons. The molecule has 0 N–H and O–H groups in total. The predicted molar refractivity (Wildman–Crippen MR) is 65.4 cm³/mol. The molecule has 86 valence electrons. The highest BCUT2D eigenvalue weighted by atomic mass is 32.2. The summed E-state index contributed by atoms with van der Waals surface area (Å²) in [5.74, 6) is 0. The van der Waals surface area contributed by atoms with Crippen molar-refractivity contribution >= 4 is 21.2 Å². The maximum Gasteiger partial charge on any atom is 0.175 e. The molecule has 1 aromatic heterocycles. The van der Waals surface area contributed by atoms with Crippen molar-refractivity contribution in [1.29, 1.82) is 5.26 Å². The van der Waals surface area contributed by atoms with Gasteiger partial charge in [0.1, 0.15) is 11.1 Å². The molecule has 0 saturated heterocycles. The van der Waals surface area contributed by atoms with E-state index in [2.05, 4.69) is 4.98 Å². The van der Waals surface area contributed by atoms with Crippen molar-refractivity contribution in [1.82, 2.24) is 4.98 Å². The van der Waals surface area contributed by atoms with Gasteiger partial charge in [0.15, 0.2) is 15.5 Å². The van der Waals surface area contributed by atoms with E-state index < -0.39 is 9.84 Å². The van der Waals surface area contributed by atoms with Crippen LogP contribution in [0.15, 0.2) is 34.5 Å². The molecule has 1 heterocycles. The van der Waals surface area contributed by atoms with Crippen LogP contribution in [0.25, 0.3) is 10.6 Å². The molecule has 0 aliphatic carbocycles. The molecular formula is C11H8N2O2S2. The summed E-state index contributed by atoms with van der Waals surface area (Å²) in [5.41, 5.74) is 1.18. The molecule has 0 amide bonds. The quantitative estimate of drug-likeness (QED) is 0.832. The summed E-state index contributed by atoms with van der Waals surface area (Å²) in [5, 5.41) is 11.0. The smallest absolute Gasteiger partial charge is 0.175 e. The number of benzene rings is 1. The van der Waals surface area contributed by atoms with Crippen molar-refractivity contribution in [2.45, 2.75) is 4.90 Å². The maximum atomic E-state index is 11.3. The Hall–Kier alpha value is -1.71. The fourth-order valence-electron chi connectivity index (χ4n) is 1.30. The van der Waals surface area contributed by atoms with Crippen molar-refractivity contribution in [2.75, 3.05) is 6.26 Å². The van der Waals surface area contributed by atoms with Crippen LogP contribution in [0.4, 0.5) is 0 Å².